The molecule has 1 aromatic heterocycles. The van der Waals surface area contributed by atoms with E-state index in [1.807, 2.05) is 4.90 Å². The highest BCUT2D eigenvalue weighted by atomic mass is 32.2. The minimum absolute atomic E-state index is 0.259. The summed E-state index contributed by atoms with van der Waals surface area (Å²) in [6.07, 6.45) is 0.587. The molecular weight excluding hydrogens is 427 g/mol. The highest BCUT2D eigenvalue weighted by Gasteiger charge is 2.29. The van der Waals surface area contributed by atoms with Gasteiger partial charge >= 0.3 is 0 Å². The molecule has 0 atom stereocenters. The number of piperazine rings is 1. The summed E-state index contributed by atoms with van der Waals surface area (Å²) in [6, 6.07) is 12.7. The first-order valence-corrected chi connectivity index (χ1v) is 11.7. The number of sulfonamides is 1. The van der Waals surface area contributed by atoms with E-state index in [1.165, 1.54) is 27.8 Å². The van der Waals surface area contributed by atoms with Gasteiger partial charge in [0, 0.05) is 32.6 Å². The van der Waals surface area contributed by atoms with Gasteiger partial charge in [-0.05, 0) is 42.0 Å². The molecule has 4 rings (SSSR count). The highest BCUT2D eigenvalue weighted by Crippen LogP contribution is 2.26. The van der Waals surface area contributed by atoms with Crippen LogP contribution in [0.5, 0.6) is 5.75 Å². The Morgan fingerprint density at radius 1 is 1.00 bits per heavy atom. The molecule has 0 bridgehead atoms. The summed E-state index contributed by atoms with van der Waals surface area (Å²) in [5.41, 5.74) is 0.967. The fraction of sp³-hybridized carbons (Fsp3) is 0.300. The molecule has 1 aliphatic rings. The third-order valence-corrected chi connectivity index (χ3v) is 7.83. The van der Waals surface area contributed by atoms with E-state index in [4.69, 9.17) is 4.74 Å². The Balaban J connectivity index is 1.38. The van der Waals surface area contributed by atoms with Crippen molar-refractivity contribution in [2.24, 2.45) is 0 Å². The summed E-state index contributed by atoms with van der Waals surface area (Å²) in [5, 5.41) is 10.1. The van der Waals surface area contributed by atoms with Crippen LogP contribution in [0.1, 0.15) is 10.6 Å². The first kappa shape index (κ1) is 20.7. The zero-order chi connectivity index (χ0) is 21.1. The Bertz CT molecular complexity index is 1090. The predicted octanol–water partition coefficient (Wildman–Crippen LogP) is 2.79. The molecule has 0 spiro atoms. The van der Waals surface area contributed by atoms with Gasteiger partial charge in [-0.2, -0.15) is 4.31 Å². The quantitative estimate of drug-likeness (QED) is 0.577. The van der Waals surface area contributed by atoms with Gasteiger partial charge in [0.25, 0.3) is 0 Å². The summed E-state index contributed by atoms with van der Waals surface area (Å²) in [5.74, 6) is 0.352. The van der Waals surface area contributed by atoms with Crippen LogP contribution in [-0.4, -0.2) is 56.2 Å². The van der Waals surface area contributed by atoms with Crippen LogP contribution in [-0.2, 0) is 16.4 Å². The second-order valence-electron chi connectivity index (χ2n) is 6.85. The van der Waals surface area contributed by atoms with Gasteiger partial charge < -0.3 is 9.64 Å². The molecule has 0 amide bonds. The van der Waals surface area contributed by atoms with E-state index >= 15 is 0 Å². The van der Waals surface area contributed by atoms with Crippen molar-refractivity contribution in [1.82, 2.24) is 14.5 Å². The van der Waals surface area contributed by atoms with E-state index < -0.39 is 10.0 Å². The maximum absolute atomic E-state index is 13.0. The van der Waals surface area contributed by atoms with E-state index in [2.05, 4.69) is 10.2 Å². The van der Waals surface area contributed by atoms with Crippen molar-refractivity contribution in [1.29, 1.82) is 0 Å². The predicted molar refractivity (Wildman–Crippen MR) is 113 cm³/mol. The van der Waals surface area contributed by atoms with Crippen molar-refractivity contribution in [3.05, 3.63) is 64.9 Å². The molecule has 1 aliphatic heterocycles. The number of methoxy groups -OCH3 is 1. The molecule has 158 valence electrons. The van der Waals surface area contributed by atoms with Gasteiger partial charge in [-0.15, -0.1) is 10.2 Å². The Morgan fingerprint density at radius 2 is 1.67 bits per heavy atom. The number of aromatic nitrogens is 2. The minimum Gasteiger partial charge on any atom is -0.497 e. The second-order valence-corrected chi connectivity index (χ2v) is 9.83. The van der Waals surface area contributed by atoms with Gasteiger partial charge in [-0.25, -0.2) is 12.8 Å². The summed E-state index contributed by atoms with van der Waals surface area (Å²) in [6.45, 7) is 1.84. The van der Waals surface area contributed by atoms with Crippen LogP contribution < -0.4 is 9.64 Å². The van der Waals surface area contributed by atoms with Gasteiger partial charge in [0.1, 0.15) is 16.6 Å². The van der Waals surface area contributed by atoms with Gasteiger partial charge in [-0.1, -0.05) is 23.5 Å². The molecule has 2 aromatic carbocycles. The van der Waals surface area contributed by atoms with Crippen LogP contribution in [0.25, 0.3) is 0 Å². The van der Waals surface area contributed by atoms with E-state index in [9.17, 15) is 12.8 Å². The lowest BCUT2D eigenvalue weighted by Crippen LogP contribution is -2.48. The van der Waals surface area contributed by atoms with Crippen molar-refractivity contribution in [3.63, 3.8) is 0 Å². The van der Waals surface area contributed by atoms with Crippen LogP contribution in [0.15, 0.2) is 53.4 Å². The maximum atomic E-state index is 13.0. The van der Waals surface area contributed by atoms with Crippen molar-refractivity contribution < 1.29 is 17.5 Å². The van der Waals surface area contributed by atoms with E-state index in [-0.39, 0.29) is 10.7 Å². The zero-order valence-electron chi connectivity index (χ0n) is 16.4. The fourth-order valence-electron chi connectivity index (χ4n) is 3.24. The molecule has 3 aromatic rings. The molecule has 30 heavy (non-hydrogen) atoms. The zero-order valence-corrected chi connectivity index (χ0v) is 18.0. The van der Waals surface area contributed by atoms with Crippen molar-refractivity contribution >= 4 is 26.5 Å². The lowest BCUT2D eigenvalue weighted by molar-refractivity contribution is 0.384. The van der Waals surface area contributed by atoms with Crippen molar-refractivity contribution in [3.8, 4) is 5.75 Å². The van der Waals surface area contributed by atoms with Crippen LogP contribution in [0.3, 0.4) is 0 Å². The summed E-state index contributed by atoms with van der Waals surface area (Å²) in [4.78, 5) is 2.31. The van der Waals surface area contributed by atoms with Crippen LogP contribution in [0, 0.1) is 5.82 Å². The van der Waals surface area contributed by atoms with Gasteiger partial charge in [0.2, 0.25) is 15.2 Å². The number of ether oxygens (including phenoxy) is 1. The van der Waals surface area contributed by atoms with Gasteiger partial charge in [-0.3, -0.25) is 0 Å². The SMILES string of the molecule is COc1ccc(S(=O)(=O)N2CCN(c3nnc(Cc4ccc(F)cc4)s3)CC2)cc1. The molecule has 1 saturated heterocycles. The van der Waals surface area contributed by atoms with Crippen molar-refractivity contribution in [2.75, 3.05) is 38.2 Å². The summed E-state index contributed by atoms with van der Waals surface area (Å²) < 4.78 is 45.4. The number of hydrogen-bond acceptors (Lipinski definition) is 7. The molecule has 7 nitrogen and oxygen atoms in total. The summed E-state index contributed by atoms with van der Waals surface area (Å²) in [7, 11) is -2.00. The number of benzene rings is 2. The molecule has 0 saturated carbocycles. The highest BCUT2D eigenvalue weighted by molar-refractivity contribution is 7.89. The van der Waals surface area contributed by atoms with E-state index in [0.717, 1.165) is 15.7 Å². The Labute approximate surface area is 178 Å². The number of halogens is 1. The number of nitrogens with zero attached hydrogens (tertiary/aromatic N) is 4. The monoisotopic (exact) mass is 448 g/mol. The molecule has 0 unspecified atom stereocenters. The molecule has 1 fully saturated rings. The molecule has 0 N–H and O–H groups in total. The Hall–Kier alpha value is -2.56. The van der Waals surface area contributed by atoms with Crippen molar-refractivity contribution in [2.45, 2.75) is 11.3 Å². The van der Waals surface area contributed by atoms with Crippen LogP contribution in [0.2, 0.25) is 0 Å². The minimum atomic E-state index is -3.54. The third kappa shape index (κ3) is 4.45. The Morgan fingerprint density at radius 3 is 2.30 bits per heavy atom. The van der Waals surface area contributed by atoms with E-state index in [1.54, 1.807) is 43.5 Å². The topological polar surface area (TPSA) is 75.6 Å². The largest absolute Gasteiger partial charge is 0.497 e. The average molecular weight is 449 g/mol. The lowest BCUT2D eigenvalue weighted by atomic mass is 10.2. The lowest BCUT2D eigenvalue weighted by Gasteiger charge is -2.33. The van der Waals surface area contributed by atoms with Crippen LogP contribution in [0.4, 0.5) is 9.52 Å². The maximum Gasteiger partial charge on any atom is 0.243 e. The normalized spacial score (nSPS) is 15.3. The standard InChI is InChI=1S/C20H21FN4O3S2/c1-28-17-6-8-18(9-7-17)30(26,27)25-12-10-24(11-13-25)20-23-22-19(29-20)14-15-2-4-16(21)5-3-15/h2-9H,10-14H2,1H3. The molecular formula is C20H21FN4O3S2. The van der Waals surface area contributed by atoms with E-state index in [0.29, 0.717) is 38.3 Å². The number of hydrogen-bond donors (Lipinski definition) is 0. The molecule has 0 aliphatic carbocycles. The van der Waals surface area contributed by atoms with Gasteiger partial charge in [0.15, 0.2) is 0 Å². The molecule has 10 heteroatoms. The number of anilines is 1. The first-order chi connectivity index (χ1) is 14.5. The third-order valence-electron chi connectivity index (χ3n) is 4.93. The second kappa shape index (κ2) is 8.66. The number of rotatable bonds is 6. The molecule has 0 radical (unpaired) electrons. The smallest absolute Gasteiger partial charge is 0.243 e. The molecule has 2 heterocycles. The van der Waals surface area contributed by atoms with Gasteiger partial charge in [0.05, 0.1) is 12.0 Å². The average Bonchev–Trinajstić information content (AvgIpc) is 3.24. The summed E-state index contributed by atoms with van der Waals surface area (Å²) >= 11 is 1.48. The Kier molecular flexibility index (Phi) is 5.98. The fourth-order valence-corrected chi connectivity index (χ4v) is 5.58. The van der Waals surface area contributed by atoms with Crippen LogP contribution >= 0.6 is 11.3 Å². The first-order valence-electron chi connectivity index (χ1n) is 9.42.